The van der Waals surface area contributed by atoms with Gasteiger partial charge in [0.15, 0.2) is 0 Å². The van der Waals surface area contributed by atoms with Gasteiger partial charge in [-0.1, -0.05) is 11.8 Å². The van der Waals surface area contributed by atoms with Crippen LogP contribution in [0.3, 0.4) is 0 Å². The molecule has 10 heteroatoms. The number of ether oxygens (including phenoxy) is 1. The molecule has 138 valence electrons. The lowest BCUT2D eigenvalue weighted by atomic mass is 10.2. The van der Waals surface area contributed by atoms with Crippen LogP contribution >= 0.6 is 11.8 Å². The predicted octanol–water partition coefficient (Wildman–Crippen LogP) is 0.731. The number of thioether (sulfide) groups is 1. The molecule has 1 aliphatic rings. The third-order valence-corrected chi connectivity index (χ3v) is 4.51. The Balaban J connectivity index is 1.44. The van der Waals surface area contributed by atoms with Crippen LogP contribution in [0.5, 0.6) is 0 Å². The quantitative estimate of drug-likeness (QED) is 0.677. The number of nitrogens with one attached hydrogen (secondary N) is 1. The summed E-state index contributed by atoms with van der Waals surface area (Å²) in [5.41, 5.74) is 6.14. The molecule has 0 radical (unpaired) electrons. The highest BCUT2D eigenvalue weighted by Gasteiger charge is 2.15. The summed E-state index contributed by atoms with van der Waals surface area (Å²) in [7, 11) is 0. The van der Waals surface area contributed by atoms with Crippen LogP contribution in [-0.4, -0.2) is 59.0 Å². The molecule has 2 amide bonds. The van der Waals surface area contributed by atoms with E-state index in [1.165, 1.54) is 11.8 Å². The van der Waals surface area contributed by atoms with Crippen molar-refractivity contribution in [1.82, 2.24) is 15.1 Å². The van der Waals surface area contributed by atoms with E-state index in [0.717, 1.165) is 13.1 Å². The summed E-state index contributed by atoms with van der Waals surface area (Å²) in [6.45, 7) is 3.66. The van der Waals surface area contributed by atoms with Crippen molar-refractivity contribution < 1.29 is 18.7 Å². The van der Waals surface area contributed by atoms with Crippen LogP contribution in [0.25, 0.3) is 0 Å². The lowest BCUT2D eigenvalue weighted by Gasteiger charge is -2.24. The van der Waals surface area contributed by atoms with Gasteiger partial charge in [0.2, 0.25) is 17.7 Å². The molecule has 0 saturated carbocycles. The van der Waals surface area contributed by atoms with Crippen LogP contribution in [0.2, 0.25) is 0 Å². The Bertz CT molecular complexity index is 758. The predicted molar refractivity (Wildman–Crippen MR) is 94.7 cm³/mol. The number of carbonyl (C=O) groups is 2. The van der Waals surface area contributed by atoms with Crippen molar-refractivity contribution in [2.24, 2.45) is 5.73 Å². The third-order valence-electron chi connectivity index (χ3n) is 3.69. The molecule has 0 spiro atoms. The second-order valence-corrected chi connectivity index (χ2v) is 6.56. The van der Waals surface area contributed by atoms with E-state index in [0.29, 0.717) is 42.1 Å². The smallest absolute Gasteiger partial charge is 0.277 e. The van der Waals surface area contributed by atoms with Crippen molar-refractivity contribution in [2.45, 2.75) is 11.8 Å². The Labute approximate surface area is 154 Å². The summed E-state index contributed by atoms with van der Waals surface area (Å²) in [5.74, 6) is -0.0640. The van der Waals surface area contributed by atoms with Gasteiger partial charge in [-0.3, -0.25) is 14.5 Å². The van der Waals surface area contributed by atoms with E-state index in [4.69, 9.17) is 14.9 Å². The molecule has 1 fully saturated rings. The average Bonchev–Trinajstić information content (AvgIpc) is 3.09. The van der Waals surface area contributed by atoms with E-state index >= 15 is 0 Å². The molecule has 1 aromatic carbocycles. The summed E-state index contributed by atoms with van der Waals surface area (Å²) >= 11 is 1.17. The molecule has 2 aromatic rings. The van der Waals surface area contributed by atoms with Gasteiger partial charge in [-0.15, -0.1) is 10.2 Å². The lowest BCUT2D eigenvalue weighted by Crippen LogP contribution is -2.35. The number of aromatic nitrogens is 2. The van der Waals surface area contributed by atoms with Crippen molar-refractivity contribution >= 4 is 29.3 Å². The molecule has 3 rings (SSSR count). The summed E-state index contributed by atoms with van der Waals surface area (Å²) in [4.78, 5) is 25.2. The van der Waals surface area contributed by atoms with E-state index in [9.17, 15) is 9.59 Å². The minimum atomic E-state index is -0.511. The van der Waals surface area contributed by atoms with Crippen molar-refractivity contribution in [3.63, 3.8) is 0 Å². The summed E-state index contributed by atoms with van der Waals surface area (Å²) in [5, 5.41) is 11.0. The number of anilines is 1. The first-order valence-corrected chi connectivity index (χ1v) is 9.04. The van der Waals surface area contributed by atoms with Crippen LogP contribution in [0.15, 0.2) is 33.9 Å². The number of benzene rings is 1. The Hall–Kier alpha value is -2.43. The summed E-state index contributed by atoms with van der Waals surface area (Å²) in [6, 6.07) is 6.35. The second kappa shape index (κ2) is 8.79. The van der Waals surface area contributed by atoms with Gasteiger partial charge in [0.05, 0.1) is 25.5 Å². The van der Waals surface area contributed by atoms with Crippen LogP contribution in [0.1, 0.15) is 16.2 Å². The number of carbonyl (C=O) groups excluding carboxylic acids is 2. The van der Waals surface area contributed by atoms with E-state index in [1.54, 1.807) is 24.3 Å². The zero-order chi connectivity index (χ0) is 18.4. The zero-order valence-corrected chi connectivity index (χ0v) is 14.8. The minimum absolute atomic E-state index is 0.136. The first kappa shape index (κ1) is 18.4. The zero-order valence-electron chi connectivity index (χ0n) is 14.0. The highest BCUT2D eigenvalue weighted by Crippen LogP contribution is 2.18. The van der Waals surface area contributed by atoms with E-state index in [-0.39, 0.29) is 11.7 Å². The van der Waals surface area contributed by atoms with Gasteiger partial charge in [0, 0.05) is 24.3 Å². The highest BCUT2D eigenvalue weighted by atomic mass is 32.2. The fourth-order valence-electron chi connectivity index (χ4n) is 2.35. The molecular weight excluding hydrogens is 358 g/mol. The average molecular weight is 377 g/mol. The highest BCUT2D eigenvalue weighted by molar-refractivity contribution is 7.99. The fraction of sp³-hybridized carbons (Fsp3) is 0.375. The summed E-state index contributed by atoms with van der Waals surface area (Å²) < 4.78 is 10.9. The topological polar surface area (TPSA) is 124 Å². The molecule has 0 atom stereocenters. The minimum Gasteiger partial charge on any atom is -0.415 e. The Morgan fingerprint density at radius 1 is 1.19 bits per heavy atom. The molecule has 0 aliphatic carbocycles. The van der Waals surface area contributed by atoms with E-state index in [1.807, 2.05) is 0 Å². The lowest BCUT2D eigenvalue weighted by molar-refractivity contribution is -0.113. The number of nitrogens with two attached hydrogens (primary N) is 1. The molecule has 9 nitrogen and oxygen atoms in total. The first-order chi connectivity index (χ1) is 12.6. The molecule has 3 N–H and O–H groups in total. The van der Waals surface area contributed by atoms with Gasteiger partial charge in [-0.25, -0.2) is 0 Å². The Kier molecular flexibility index (Phi) is 6.21. The van der Waals surface area contributed by atoms with Crippen molar-refractivity contribution in [3.05, 3.63) is 35.7 Å². The maximum absolute atomic E-state index is 12.0. The van der Waals surface area contributed by atoms with Gasteiger partial charge in [0.25, 0.3) is 5.22 Å². The third kappa shape index (κ3) is 5.28. The molecule has 2 heterocycles. The number of hydrogen-bond donors (Lipinski definition) is 2. The van der Waals surface area contributed by atoms with E-state index < -0.39 is 5.91 Å². The first-order valence-electron chi connectivity index (χ1n) is 8.05. The van der Waals surface area contributed by atoms with Crippen LogP contribution in [0, 0.1) is 0 Å². The van der Waals surface area contributed by atoms with Gasteiger partial charge < -0.3 is 20.2 Å². The molecule has 0 unspecified atom stereocenters. The van der Waals surface area contributed by atoms with Gasteiger partial charge in [-0.2, -0.15) is 0 Å². The number of rotatable bonds is 7. The van der Waals surface area contributed by atoms with Gasteiger partial charge >= 0.3 is 0 Å². The molecule has 1 saturated heterocycles. The van der Waals surface area contributed by atoms with Gasteiger partial charge in [-0.05, 0) is 24.3 Å². The van der Waals surface area contributed by atoms with Crippen LogP contribution in [0.4, 0.5) is 5.69 Å². The number of hydrogen-bond acceptors (Lipinski definition) is 8. The maximum atomic E-state index is 12.0. The van der Waals surface area contributed by atoms with Gasteiger partial charge in [0.1, 0.15) is 0 Å². The number of morpholine rings is 1. The van der Waals surface area contributed by atoms with E-state index in [2.05, 4.69) is 20.4 Å². The molecular formula is C16H19N5O4S. The molecule has 0 bridgehead atoms. The van der Waals surface area contributed by atoms with Crippen molar-refractivity contribution in [3.8, 4) is 0 Å². The molecule has 1 aromatic heterocycles. The standard InChI is InChI=1S/C16H19N5O4S/c17-15(23)11-1-3-12(4-2-11)18-13(22)10-26-16-20-19-14(25-16)9-21-5-7-24-8-6-21/h1-4H,5-10H2,(H2,17,23)(H,18,22). The Morgan fingerprint density at radius 2 is 1.92 bits per heavy atom. The van der Waals surface area contributed by atoms with Crippen LogP contribution in [-0.2, 0) is 16.1 Å². The fourth-order valence-corrected chi connectivity index (χ4v) is 2.93. The van der Waals surface area contributed by atoms with Crippen molar-refractivity contribution in [1.29, 1.82) is 0 Å². The number of primary amides is 1. The Morgan fingerprint density at radius 3 is 2.62 bits per heavy atom. The molecule has 1 aliphatic heterocycles. The summed E-state index contributed by atoms with van der Waals surface area (Å²) in [6.07, 6.45) is 0. The largest absolute Gasteiger partial charge is 0.415 e. The molecule has 26 heavy (non-hydrogen) atoms. The number of amides is 2. The second-order valence-electron chi connectivity index (χ2n) is 5.63. The number of nitrogens with zero attached hydrogens (tertiary/aromatic N) is 3. The van der Waals surface area contributed by atoms with Crippen molar-refractivity contribution in [2.75, 3.05) is 37.4 Å². The monoisotopic (exact) mass is 377 g/mol. The SMILES string of the molecule is NC(=O)c1ccc(NC(=O)CSc2nnc(CN3CCOCC3)o2)cc1. The van der Waals surface area contributed by atoms with Crippen LogP contribution < -0.4 is 11.1 Å². The normalized spacial score (nSPS) is 14.9. The maximum Gasteiger partial charge on any atom is 0.277 e.